The molecule has 0 aliphatic carbocycles. The van der Waals surface area contributed by atoms with Gasteiger partial charge in [0.2, 0.25) is 5.91 Å². The second-order valence-electron chi connectivity index (χ2n) is 4.70. The number of carbonyl (C=O) groups is 1. The number of rotatable bonds is 3. The first-order valence-corrected chi connectivity index (χ1v) is 6.60. The number of aryl methyl sites for hydroxylation is 1. The standard InChI is InChI=1S/C14H18F2N2O/c15-12-4-1-3-11(14(12)16)5-6-13(19)18-9-2-7-17-8-10-18/h1,3-4,17H,2,5-10H2. The highest BCUT2D eigenvalue weighted by molar-refractivity contribution is 5.76. The summed E-state index contributed by atoms with van der Waals surface area (Å²) < 4.78 is 26.5. The van der Waals surface area contributed by atoms with Gasteiger partial charge in [0.1, 0.15) is 0 Å². The van der Waals surface area contributed by atoms with Crippen LogP contribution in [0.25, 0.3) is 0 Å². The van der Waals surface area contributed by atoms with Gasteiger partial charge in [0.05, 0.1) is 0 Å². The van der Waals surface area contributed by atoms with E-state index in [2.05, 4.69) is 5.32 Å². The minimum Gasteiger partial charge on any atom is -0.341 e. The molecule has 1 heterocycles. The van der Waals surface area contributed by atoms with Crippen molar-refractivity contribution in [2.45, 2.75) is 19.3 Å². The molecule has 2 rings (SSSR count). The maximum absolute atomic E-state index is 13.4. The van der Waals surface area contributed by atoms with Crippen molar-refractivity contribution in [2.24, 2.45) is 0 Å². The van der Waals surface area contributed by atoms with E-state index in [1.54, 1.807) is 4.90 Å². The number of benzene rings is 1. The quantitative estimate of drug-likeness (QED) is 0.905. The van der Waals surface area contributed by atoms with Gasteiger partial charge in [0.15, 0.2) is 11.6 Å². The number of amides is 1. The van der Waals surface area contributed by atoms with Crippen LogP contribution in [0.2, 0.25) is 0 Å². The molecule has 5 heteroatoms. The number of nitrogens with zero attached hydrogens (tertiary/aromatic N) is 1. The molecule has 0 radical (unpaired) electrons. The Morgan fingerprint density at radius 3 is 2.95 bits per heavy atom. The zero-order valence-corrected chi connectivity index (χ0v) is 10.8. The van der Waals surface area contributed by atoms with E-state index in [1.165, 1.54) is 12.1 Å². The largest absolute Gasteiger partial charge is 0.341 e. The number of nitrogens with one attached hydrogen (secondary N) is 1. The van der Waals surface area contributed by atoms with Crippen LogP contribution in [0.3, 0.4) is 0 Å². The van der Waals surface area contributed by atoms with Gasteiger partial charge < -0.3 is 10.2 Å². The van der Waals surface area contributed by atoms with Crippen LogP contribution in [-0.4, -0.2) is 37.0 Å². The normalized spacial score (nSPS) is 16.2. The molecule has 1 aliphatic rings. The van der Waals surface area contributed by atoms with Gasteiger partial charge in [0.25, 0.3) is 0 Å². The van der Waals surface area contributed by atoms with Gasteiger partial charge in [-0.2, -0.15) is 0 Å². The zero-order chi connectivity index (χ0) is 13.7. The minimum absolute atomic E-state index is 0.00682. The minimum atomic E-state index is -0.857. The second-order valence-corrected chi connectivity index (χ2v) is 4.70. The lowest BCUT2D eigenvalue weighted by molar-refractivity contribution is -0.130. The first kappa shape index (κ1) is 13.9. The lowest BCUT2D eigenvalue weighted by Crippen LogP contribution is -2.34. The van der Waals surface area contributed by atoms with E-state index in [1.807, 2.05) is 0 Å². The molecule has 19 heavy (non-hydrogen) atoms. The highest BCUT2D eigenvalue weighted by atomic mass is 19.2. The third kappa shape index (κ3) is 3.73. The van der Waals surface area contributed by atoms with Crippen molar-refractivity contribution in [2.75, 3.05) is 26.2 Å². The maximum Gasteiger partial charge on any atom is 0.222 e. The average Bonchev–Trinajstić information content (AvgIpc) is 2.69. The van der Waals surface area contributed by atoms with Gasteiger partial charge >= 0.3 is 0 Å². The second kappa shape index (κ2) is 6.61. The van der Waals surface area contributed by atoms with Gasteiger partial charge in [-0.25, -0.2) is 8.78 Å². The summed E-state index contributed by atoms with van der Waals surface area (Å²) in [7, 11) is 0. The summed E-state index contributed by atoms with van der Waals surface area (Å²) in [5.74, 6) is -1.69. The Morgan fingerprint density at radius 2 is 2.11 bits per heavy atom. The SMILES string of the molecule is O=C(CCc1cccc(F)c1F)N1CCCNCC1. The van der Waals surface area contributed by atoms with E-state index in [0.717, 1.165) is 32.1 Å². The maximum atomic E-state index is 13.4. The van der Waals surface area contributed by atoms with E-state index >= 15 is 0 Å². The van der Waals surface area contributed by atoms with E-state index in [9.17, 15) is 13.6 Å². The molecule has 0 saturated carbocycles. The predicted molar refractivity (Wildman–Crippen MR) is 68.7 cm³/mol. The zero-order valence-electron chi connectivity index (χ0n) is 10.8. The molecule has 1 fully saturated rings. The first-order valence-electron chi connectivity index (χ1n) is 6.60. The van der Waals surface area contributed by atoms with Crippen molar-refractivity contribution in [1.29, 1.82) is 0 Å². The lowest BCUT2D eigenvalue weighted by atomic mass is 10.1. The number of hydrogen-bond donors (Lipinski definition) is 1. The molecule has 1 amide bonds. The van der Waals surface area contributed by atoms with Crippen molar-refractivity contribution in [3.63, 3.8) is 0 Å². The fourth-order valence-electron chi connectivity index (χ4n) is 2.24. The molecule has 0 atom stereocenters. The van der Waals surface area contributed by atoms with Crippen molar-refractivity contribution in [1.82, 2.24) is 10.2 Å². The average molecular weight is 268 g/mol. The smallest absolute Gasteiger partial charge is 0.222 e. The van der Waals surface area contributed by atoms with Crippen LogP contribution in [0.1, 0.15) is 18.4 Å². The van der Waals surface area contributed by atoms with Crippen LogP contribution in [0.5, 0.6) is 0 Å². The van der Waals surface area contributed by atoms with Gasteiger partial charge in [0, 0.05) is 26.1 Å². The molecule has 1 aliphatic heterocycles. The molecule has 1 N–H and O–H groups in total. The Morgan fingerprint density at radius 1 is 1.26 bits per heavy atom. The Hall–Kier alpha value is -1.49. The molecule has 0 bridgehead atoms. The Labute approximate surface area is 111 Å². The van der Waals surface area contributed by atoms with Crippen LogP contribution in [0.15, 0.2) is 18.2 Å². The van der Waals surface area contributed by atoms with Gasteiger partial charge in [-0.3, -0.25) is 4.79 Å². The van der Waals surface area contributed by atoms with Crippen LogP contribution < -0.4 is 5.32 Å². The predicted octanol–water partition coefficient (Wildman–Crippen LogP) is 1.72. The third-order valence-electron chi connectivity index (χ3n) is 3.33. The van der Waals surface area contributed by atoms with Crippen LogP contribution >= 0.6 is 0 Å². The third-order valence-corrected chi connectivity index (χ3v) is 3.33. The number of carbonyl (C=O) groups excluding carboxylic acids is 1. The van der Waals surface area contributed by atoms with Gasteiger partial charge in [-0.1, -0.05) is 12.1 Å². The summed E-state index contributed by atoms with van der Waals surface area (Å²) in [5.41, 5.74) is 0.265. The lowest BCUT2D eigenvalue weighted by Gasteiger charge is -2.19. The molecule has 1 aromatic rings. The van der Waals surface area contributed by atoms with Crippen LogP contribution in [-0.2, 0) is 11.2 Å². The molecule has 104 valence electrons. The molecule has 0 unspecified atom stereocenters. The van der Waals surface area contributed by atoms with E-state index < -0.39 is 11.6 Å². The van der Waals surface area contributed by atoms with Crippen molar-refractivity contribution >= 4 is 5.91 Å². The Bertz CT molecular complexity index is 443. The summed E-state index contributed by atoms with van der Waals surface area (Å²) in [6.45, 7) is 3.13. The molecule has 1 saturated heterocycles. The molecular weight excluding hydrogens is 250 g/mol. The number of hydrogen-bond acceptors (Lipinski definition) is 2. The molecule has 0 aromatic heterocycles. The Balaban J connectivity index is 1.90. The summed E-state index contributed by atoms with van der Waals surface area (Å²) in [6.07, 6.45) is 1.40. The molecule has 1 aromatic carbocycles. The van der Waals surface area contributed by atoms with Crippen molar-refractivity contribution in [3.8, 4) is 0 Å². The van der Waals surface area contributed by atoms with Crippen molar-refractivity contribution < 1.29 is 13.6 Å². The summed E-state index contributed by atoms with van der Waals surface area (Å²) >= 11 is 0. The first-order chi connectivity index (χ1) is 9.18. The fraction of sp³-hybridized carbons (Fsp3) is 0.500. The topological polar surface area (TPSA) is 32.3 Å². The highest BCUT2D eigenvalue weighted by Crippen LogP contribution is 2.14. The summed E-state index contributed by atoms with van der Waals surface area (Å²) in [4.78, 5) is 13.8. The molecular formula is C14H18F2N2O. The van der Waals surface area contributed by atoms with Crippen molar-refractivity contribution in [3.05, 3.63) is 35.4 Å². The van der Waals surface area contributed by atoms with Gasteiger partial charge in [-0.05, 0) is 31.0 Å². The van der Waals surface area contributed by atoms with E-state index in [4.69, 9.17) is 0 Å². The highest BCUT2D eigenvalue weighted by Gasteiger charge is 2.16. The summed E-state index contributed by atoms with van der Waals surface area (Å²) in [6, 6.07) is 4.07. The van der Waals surface area contributed by atoms with Gasteiger partial charge in [-0.15, -0.1) is 0 Å². The van der Waals surface area contributed by atoms with Crippen LogP contribution in [0, 0.1) is 11.6 Å². The van der Waals surface area contributed by atoms with E-state index in [-0.39, 0.29) is 24.3 Å². The Kier molecular flexibility index (Phi) is 4.85. The van der Waals surface area contributed by atoms with Crippen LogP contribution in [0.4, 0.5) is 8.78 Å². The monoisotopic (exact) mass is 268 g/mol. The molecule has 3 nitrogen and oxygen atoms in total. The fourth-order valence-corrected chi connectivity index (χ4v) is 2.24. The summed E-state index contributed by atoms with van der Waals surface area (Å²) in [5, 5.41) is 3.22. The van der Waals surface area contributed by atoms with E-state index in [0.29, 0.717) is 6.54 Å². The molecule has 0 spiro atoms. The number of halogens is 2.